The SMILES string of the molecule is COCc1ccccc1NCc1ccncc1Cl. The van der Waals surface area contributed by atoms with Crippen LogP contribution in [0, 0.1) is 0 Å². The van der Waals surface area contributed by atoms with Gasteiger partial charge >= 0.3 is 0 Å². The van der Waals surface area contributed by atoms with E-state index in [1.54, 1.807) is 19.5 Å². The van der Waals surface area contributed by atoms with Gasteiger partial charge in [0.05, 0.1) is 11.6 Å². The van der Waals surface area contributed by atoms with E-state index < -0.39 is 0 Å². The number of hydrogen-bond donors (Lipinski definition) is 1. The molecule has 0 amide bonds. The third-order valence-corrected chi connectivity index (χ3v) is 2.98. The first kappa shape index (κ1) is 12.9. The molecule has 0 radical (unpaired) electrons. The number of nitrogens with one attached hydrogen (secondary N) is 1. The first-order chi connectivity index (χ1) is 8.81. The van der Waals surface area contributed by atoms with Crippen LogP contribution in [-0.2, 0) is 17.9 Å². The molecule has 2 aromatic rings. The number of anilines is 1. The highest BCUT2D eigenvalue weighted by molar-refractivity contribution is 6.31. The van der Waals surface area contributed by atoms with Crippen LogP contribution in [0.15, 0.2) is 42.7 Å². The Morgan fingerprint density at radius 1 is 1.22 bits per heavy atom. The van der Waals surface area contributed by atoms with E-state index in [2.05, 4.69) is 10.3 Å². The summed E-state index contributed by atoms with van der Waals surface area (Å²) in [4.78, 5) is 3.97. The average Bonchev–Trinajstić information content (AvgIpc) is 2.40. The molecule has 4 heteroatoms. The predicted molar refractivity (Wildman–Crippen MR) is 73.7 cm³/mol. The molecule has 2 rings (SSSR count). The summed E-state index contributed by atoms with van der Waals surface area (Å²) in [7, 11) is 1.69. The van der Waals surface area contributed by atoms with Crippen LogP contribution in [0.5, 0.6) is 0 Å². The standard InChI is InChI=1S/C14H15ClN2O/c1-18-10-12-4-2-3-5-14(12)17-8-11-6-7-16-9-13(11)15/h2-7,9,17H,8,10H2,1H3. The van der Waals surface area contributed by atoms with Crippen molar-refractivity contribution >= 4 is 17.3 Å². The Labute approximate surface area is 112 Å². The van der Waals surface area contributed by atoms with Crippen molar-refractivity contribution in [2.45, 2.75) is 13.2 Å². The number of benzene rings is 1. The second kappa shape index (κ2) is 6.38. The molecule has 0 atom stereocenters. The van der Waals surface area contributed by atoms with Gasteiger partial charge in [-0.1, -0.05) is 29.8 Å². The fourth-order valence-corrected chi connectivity index (χ4v) is 1.90. The summed E-state index contributed by atoms with van der Waals surface area (Å²) < 4.78 is 5.17. The monoisotopic (exact) mass is 262 g/mol. The lowest BCUT2D eigenvalue weighted by atomic mass is 10.2. The zero-order valence-electron chi connectivity index (χ0n) is 10.2. The molecule has 3 nitrogen and oxygen atoms in total. The lowest BCUT2D eigenvalue weighted by Gasteiger charge is -2.12. The summed E-state index contributed by atoms with van der Waals surface area (Å²) in [5.74, 6) is 0. The van der Waals surface area contributed by atoms with Gasteiger partial charge in [0.15, 0.2) is 0 Å². The van der Waals surface area contributed by atoms with Crippen molar-refractivity contribution in [1.29, 1.82) is 0 Å². The number of pyridine rings is 1. The lowest BCUT2D eigenvalue weighted by Crippen LogP contribution is -2.03. The first-order valence-corrected chi connectivity index (χ1v) is 6.08. The van der Waals surface area contributed by atoms with E-state index >= 15 is 0 Å². The molecule has 0 aliphatic rings. The molecule has 0 fully saturated rings. The number of ether oxygens (including phenoxy) is 1. The van der Waals surface area contributed by atoms with E-state index in [9.17, 15) is 0 Å². The van der Waals surface area contributed by atoms with Crippen molar-refractivity contribution < 1.29 is 4.74 Å². The normalized spacial score (nSPS) is 10.3. The van der Waals surface area contributed by atoms with E-state index in [0.29, 0.717) is 18.2 Å². The molecule has 0 spiro atoms. The van der Waals surface area contributed by atoms with E-state index in [-0.39, 0.29) is 0 Å². The van der Waals surface area contributed by atoms with Crippen LogP contribution in [0.2, 0.25) is 5.02 Å². The molecule has 0 saturated carbocycles. The molecule has 0 aliphatic carbocycles. The number of nitrogens with zero attached hydrogens (tertiary/aromatic N) is 1. The maximum atomic E-state index is 6.06. The third kappa shape index (κ3) is 3.22. The summed E-state index contributed by atoms with van der Waals surface area (Å²) >= 11 is 6.06. The minimum atomic E-state index is 0.591. The van der Waals surface area contributed by atoms with Crippen molar-refractivity contribution in [2.75, 3.05) is 12.4 Å². The zero-order chi connectivity index (χ0) is 12.8. The maximum Gasteiger partial charge on any atom is 0.0733 e. The van der Waals surface area contributed by atoms with Crippen LogP contribution in [0.3, 0.4) is 0 Å². The van der Waals surface area contributed by atoms with Crippen LogP contribution >= 0.6 is 11.6 Å². The number of rotatable bonds is 5. The van der Waals surface area contributed by atoms with Gasteiger partial charge in [-0.05, 0) is 17.7 Å². The molecule has 18 heavy (non-hydrogen) atoms. The summed E-state index contributed by atoms with van der Waals surface area (Å²) in [5, 5.41) is 4.04. The van der Waals surface area contributed by atoms with Crippen LogP contribution in [0.1, 0.15) is 11.1 Å². The Morgan fingerprint density at radius 2 is 2.06 bits per heavy atom. The Kier molecular flexibility index (Phi) is 4.56. The molecule has 94 valence electrons. The van der Waals surface area contributed by atoms with Crippen molar-refractivity contribution in [1.82, 2.24) is 4.98 Å². The van der Waals surface area contributed by atoms with Crippen LogP contribution in [0.4, 0.5) is 5.69 Å². The van der Waals surface area contributed by atoms with Gasteiger partial charge in [0.2, 0.25) is 0 Å². The summed E-state index contributed by atoms with van der Waals surface area (Å²) in [6, 6.07) is 9.98. The number of aromatic nitrogens is 1. The molecule has 1 aromatic heterocycles. The van der Waals surface area contributed by atoms with Gasteiger partial charge in [-0.25, -0.2) is 0 Å². The van der Waals surface area contributed by atoms with E-state index in [4.69, 9.17) is 16.3 Å². The minimum absolute atomic E-state index is 0.591. The summed E-state index contributed by atoms with van der Waals surface area (Å²) in [6.07, 6.45) is 3.39. The van der Waals surface area contributed by atoms with Crippen LogP contribution in [0.25, 0.3) is 0 Å². The number of methoxy groups -OCH3 is 1. The Hall–Kier alpha value is -1.58. The van der Waals surface area contributed by atoms with E-state index in [1.165, 1.54) is 0 Å². The topological polar surface area (TPSA) is 34.1 Å². The molecule has 1 aromatic carbocycles. The summed E-state index contributed by atoms with van der Waals surface area (Å²) in [5.41, 5.74) is 3.22. The summed E-state index contributed by atoms with van der Waals surface area (Å²) in [6.45, 7) is 1.26. The second-order valence-electron chi connectivity index (χ2n) is 3.91. The van der Waals surface area contributed by atoms with E-state index in [1.807, 2.05) is 30.3 Å². The fraction of sp³-hybridized carbons (Fsp3) is 0.214. The highest BCUT2D eigenvalue weighted by atomic mass is 35.5. The zero-order valence-corrected chi connectivity index (χ0v) is 10.9. The fourth-order valence-electron chi connectivity index (χ4n) is 1.71. The number of halogens is 1. The third-order valence-electron chi connectivity index (χ3n) is 2.64. The van der Waals surface area contributed by atoms with Crippen LogP contribution in [-0.4, -0.2) is 12.1 Å². The number of para-hydroxylation sites is 1. The van der Waals surface area contributed by atoms with Gasteiger partial charge < -0.3 is 10.1 Å². The average molecular weight is 263 g/mol. The molecule has 0 saturated heterocycles. The Morgan fingerprint density at radius 3 is 2.83 bits per heavy atom. The van der Waals surface area contributed by atoms with Gasteiger partial charge in [0, 0.05) is 37.3 Å². The van der Waals surface area contributed by atoms with Crippen molar-refractivity contribution in [3.05, 3.63) is 58.9 Å². The molecule has 1 N–H and O–H groups in total. The van der Waals surface area contributed by atoms with Gasteiger partial charge in [0.1, 0.15) is 0 Å². The largest absolute Gasteiger partial charge is 0.381 e. The van der Waals surface area contributed by atoms with Gasteiger partial charge in [-0.15, -0.1) is 0 Å². The van der Waals surface area contributed by atoms with Gasteiger partial charge in [0.25, 0.3) is 0 Å². The van der Waals surface area contributed by atoms with Gasteiger partial charge in [-0.3, -0.25) is 4.98 Å². The van der Waals surface area contributed by atoms with Crippen molar-refractivity contribution in [3.63, 3.8) is 0 Å². The molecule has 0 unspecified atom stereocenters. The smallest absolute Gasteiger partial charge is 0.0733 e. The highest BCUT2D eigenvalue weighted by Gasteiger charge is 2.03. The molecule has 0 bridgehead atoms. The van der Waals surface area contributed by atoms with Crippen molar-refractivity contribution in [3.8, 4) is 0 Å². The highest BCUT2D eigenvalue weighted by Crippen LogP contribution is 2.19. The number of hydrogen-bond acceptors (Lipinski definition) is 3. The van der Waals surface area contributed by atoms with E-state index in [0.717, 1.165) is 16.8 Å². The first-order valence-electron chi connectivity index (χ1n) is 5.70. The van der Waals surface area contributed by atoms with Gasteiger partial charge in [-0.2, -0.15) is 0 Å². The van der Waals surface area contributed by atoms with Crippen molar-refractivity contribution in [2.24, 2.45) is 0 Å². The second-order valence-corrected chi connectivity index (χ2v) is 4.32. The molecular weight excluding hydrogens is 248 g/mol. The predicted octanol–water partition coefficient (Wildman–Crippen LogP) is 3.49. The quantitative estimate of drug-likeness (QED) is 0.896. The lowest BCUT2D eigenvalue weighted by molar-refractivity contribution is 0.185. The minimum Gasteiger partial charge on any atom is -0.381 e. The maximum absolute atomic E-state index is 6.06. The molecule has 0 aliphatic heterocycles. The molecular formula is C14H15ClN2O. The Bertz CT molecular complexity index is 517. The van der Waals surface area contributed by atoms with Crippen LogP contribution < -0.4 is 5.32 Å². The Balaban J connectivity index is 2.08. The molecule has 1 heterocycles.